The van der Waals surface area contributed by atoms with Gasteiger partial charge in [-0.3, -0.25) is 9.52 Å². The highest BCUT2D eigenvalue weighted by molar-refractivity contribution is 7.92. The molecule has 0 fully saturated rings. The van der Waals surface area contributed by atoms with E-state index in [1.165, 1.54) is 18.2 Å². The van der Waals surface area contributed by atoms with Gasteiger partial charge >= 0.3 is 0 Å². The Morgan fingerprint density at radius 3 is 2.32 bits per heavy atom. The van der Waals surface area contributed by atoms with Crippen molar-refractivity contribution < 1.29 is 17.9 Å². The predicted molar refractivity (Wildman–Crippen MR) is 112 cm³/mol. The Kier molecular flexibility index (Phi) is 8.07. The molecule has 0 aliphatic rings. The highest BCUT2D eigenvalue weighted by Crippen LogP contribution is 2.19. The molecule has 2 aromatic carbocycles. The van der Waals surface area contributed by atoms with Crippen LogP contribution in [-0.4, -0.2) is 28.0 Å². The van der Waals surface area contributed by atoms with Crippen molar-refractivity contribution in [3.05, 3.63) is 60.2 Å². The molecule has 0 unspecified atom stereocenters. The van der Waals surface area contributed by atoms with E-state index in [9.17, 15) is 13.2 Å². The molecule has 6 nitrogen and oxygen atoms in total. The molecule has 0 atom stereocenters. The van der Waals surface area contributed by atoms with Crippen molar-refractivity contribution in [2.24, 2.45) is 0 Å². The van der Waals surface area contributed by atoms with Gasteiger partial charge in [-0.25, -0.2) is 8.42 Å². The third-order valence-electron chi connectivity index (χ3n) is 4.04. The summed E-state index contributed by atoms with van der Waals surface area (Å²) in [6, 6.07) is 12.9. The summed E-state index contributed by atoms with van der Waals surface area (Å²) in [6.45, 7) is 2.77. The lowest BCUT2D eigenvalue weighted by Gasteiger charge is -2.09. The Morgan fingerprint density at radius 2 is 1.71 bits per heavy atom. The smallest absolute Gasteiger partial charge is 0.261 e. The lowest BCUT2D eigenvalue weighted by atomic mass is 10.2. The average Bonchev–Trinajstić information content (AvgIpc) is 2.70. The second-order valence-corrected chi connectivity index (χ2v) is 7.92. The SMILES string of the molecule is CCCCCNC(=O)/C=C/c1ccc(S(=O)(=O)Nc2ccc(OC)cc2)cc1. The molecule has 7 heteroatoms. The Morgan fingerprint density at radius 1 is 1.04 bits per heavy atom. The first kappa shape index (κ1) is 21.5. The van der Waals surface area contributed by atoms with E-state index in [0.717, 1.165) is 24.8 Å². The number of carbonyl (C=O) groups excluding carboxylic acids is 1. The zero-order valence-corrected chi connectivity index (χ0v) is 17.0. The van der Waals surface area contributed by atoms with Crippen molar-refractivity contribution in [2.75, 3.05) is 18.4 Å². The number of carbonyl (C=O) groups is 1. The van der Waals surface area contributed by atoms with E-state index in [1.807, 2.05) is 0 Å². The van der Waals surface area contributed by atoms with E-state index in [4.69, 9.17) is 4.74 Å². The molecule has 0 saturated carbocycles. The maximum absolute atomic E-state index is 12.5. The number of nitrogens with one attached hydrogen (secondary N) is 2. The molecule has 0 heterocycles. The van der Waals surface area contributed by atoms with Gasteiger partial charge in [0.05, 0.1) is 12.0 Å². The van der Waals surface area contributed by atoms with Crippen molar-refractivity contribution in [3.63, 3.8) is 0 Å². The number of hydrogen-bond acceptors (Lipinski definition) is 4. The highest BCUT2D eigenvalue weighted by Gasteiger charge is 2.13. The fraction of sp³-hybridized carbons (Fsp3) is 0.286. The molecule has 2 aromatic rings. The second-order valence-electron chi connectivity index (χ2n) is 6.23. The summed E-state index contributed by atoms with van der Waals surface area (Å²) in [5, 5.41) is 2.82. The molecule has 0 spiro atoms. The summed E-state index contributed by atoms with van der Waals surface area (Å²) in [4.78, 5) is 11.9. The first-order chi connectivity index (χ1) is 13.4. The Bertz CT molecular complexity index is 889. The van der Waals surface area contributed by atoms with Crippen molar-refractivity contribution >= 4 is 27.7 Å². The minimum Gasteiger partial charge on any atom is -0.497 e. The average molecular weight is 403 g/mol. The van der Waals surface area contributed by atoms with Crippen LogP contribution in [0.2, 0.25) is 0 Å². The van der Waals surface area contributed by atoms with Crippen LogP contribution in [0.1, 0.15) is 31.7 Å². The molecule has 0 aliphatic heterocycles. The fourth-order valence-corrected chi connectivity index (χ4v) is 3.51. The predicted octanol–water partition coefficient (Wildman–Crippen LogP) is 3.82. The number of anilines is 1. The molecule has 1 amide bonds. The first-order valence-electron chi connectivity index (χ1n) is 9.17. The van der Waals surface area contributed by atoms with Crippen LogP contribution in [0.3, 0.4) is 0 Å². The fourth-order valence-electron chi connectivity index (χ4n) is 2.45. The van der Waals surface area contributed by atoms with Crippen LogP contribution >= 0.6 is 0 Å². The van der Waals surface area contributed by atoms with Gasteiger partial charge < -0.3 is 10.1 Å². The lowest BCUT2D eigenvalue weighted by molar-refractivity contribution is -0.116. The third kappa shape index (κ3) is 6.74. The molecule has 0 bridgehead atoms. The number of hydrogen-bond donors (Lipinski definition) is 2. The number of amides is 1. The molecule has 28 heavy (non-hydrogen) atoms. The first-order valence-corrected chi connectivity index (χ1v) is 10.7. The Hall–Kier alpha value is -2.80. The highest BCUT2D eigenvalue weighted by atomic mass is 32.2. The van der Waals surface area contributed by atoms with Gasteiger partial charge in [-0.15, -0.1) is 0 Å². The van der Waals surface area contributed by atoms with Gasteiger partial charge in [0, 0.05) is 18.3 Å². The summed E-state index contributed by atoms with van der Waals surface area (Å²) in [5.41, 5.74) is 1.19. The molecule has 0 aliphatic carbocycles. The normalized spacial score (nSPS) is 11.4. The monoisotopic (exact) mass is 402 g/mol. The van der Waals surface area contributed by atoms with E-state index in [-0.39, 0.29) is 10.8 Å². The molecular formula is C21H26N2O4S. The van der Waals surface area contributed by atoms with Crippen LogP contribution in [-0.2, 0) is 14.8 Å². The van der Waals surface area contributed by atoms with E-state index >= 15 is 0 Å². The van der Waals surface area contributed by atoms with Gasteiger partial charge in [-0.2, -0.15) is 0 Å². The lowest BCUT2D eigenvalue weighted by Crippen LogP contribution is -2.21. The number of unbranched alkanes of at least 4 members (excludes halogenated alkanes) is 2. The van der Waals surface area contributed by atoms with Crippen LogP contribution in [0.15, 0.2) is 59.5 Å². The zero-order valence-electron chi connectivity index (χ0n) is 16.1. The van der Waals surface area contributed by atoms with Crippen LogP contribution in [0, 0.1) is 0 Å². The topological polar surface area (TPSA) is 84.5 Å². The van der Waals surface area contributed by atoms with Crippen LogP contribution in [0.25, 0.3) is 6.08 Å². The molecular weight excluding hydrogens is 376 g/mol. The molecule has 0 saturated heterocycles. The van der Waals surface area contributed by atoms with E-state index in [1.54, 1.807) is 49.6 Å². The number of benzene rings is 2. The minimum absolute atomic E-state index is 0.143. The minimum atomic E-state index is -3.69. The van der Waals surface area contributed by atoms with Gasteiger partial charge in [0.15, 0.2) is 0 Å². The number of rotatable bonds is 10. The van der Waals surface area contributed by atoms with Crippen LogP contribution < -0.4 is 14.8 Å². The van der Waals surface area contributed by atoms with E-state index < -0.39 is 10.0 Å². The maximum Gasteiger partial charge on any atom is 0.261 e. The number of ether oxygens (including phenoxy) is 1. The molecule has 2 rings (SSSR count). The van der Waals surface area contributed by atoms with E-state index in [2.05, 4.69) is 17.0 Å². The Labute approximate surface area is 166 Å². The summed E-state index contributed by atoms with van der Waals surface area (Å²) in [5.74, 6) is 0.488. The standard InChI is InChI=1S/C21H26N2O4S/c1-3-4-5-16-22-21(24)15-8-17-6-13-20(14-7-17)28(25,26)23-18-9-11-19(27-2)12-10-18/h6-15,23H,3-5,16H2,1-2H3,(H,22,24)/b15-8+. The number of sulfonamides is 1. The van der Waals surface area contributed by atoms with Gasteiger partial charge in [0.2, 0.25) is 5.91 Å². The molecule has 0 radical (unpaired) electrons. The zero-order chi connectivity index (χ0) is 20.4. The van der Waals surface area contributed by atoms with Crippen molar-refractivity contribution in [2.45, 2.75) is 31.1 Å². The van der Waals surface area contributed by atoms with Crippen LogP contribution in [0.5, 0.6) is 5.75 Å². The quantitative estimate of drug-likeness (QED) is 0.467. The van der Waals surface area contributed by atoms with Crippen molar-refractivity contribution in [1.29, 1.82) is 0 Å². The van der Waals surface area contributed by atoms with Crippen molar-refractivity contribution in [1.82, 2.24) is 5.32 Å². The van der Waals surface area contributed by atoms with E-state index in [0.29, 0.717) is 18.0 Å². The summed E-state index contributed by atoms with van der Waals surface area (Å²) in [6.07, 6.45) is 6.26. The Balaban J connectivity index is 1.96. The van der Waals surface area contributed by atoms with Gasteiger partial charge in [-0.05, 0) is 54.5 Å². The summed E-state index contributed by atoms with van der Waals surface area (Å²) in [7, 11) is -2.15. The molecule has 2 N–H and O–H groups in total. The molecule has 150 valence electrons. The van der Waals surface area contributed by atoms with Gasteiger partial charge in [0.1, 0.15) is 5.75 Å². The summed E-state index contributed by atoms with van der Waals surface area (Å²) >= 11 is 0. The second kappa shape index (κ2) is 10.5. The molecule has 0 aromatic heterocycles. The summed E-state index contributed by atoms with van der Waals surface area (Å²) < 4.78 is 32.5. The van der Waals surface area contributed by atoms with Gasteiger partial charge in [0.25, 0.3) is 10.0 Å². The van der Waals surface area contributed by atoms with Crippen molar-refractivity contribution in [3.8, 4) is 5.75 Å². The maximum atomic E-state index is 12.5. The third-order valence-corrected chi connectivity index (χ3v) is 5.44. The largest absolute Gasteiger partial charge is 0.497 e. The van der Waals surface area contributed by atoms with Crippen LogP contribution in [0.4, 0.5) is 5.69 Å². The number of methoxy groups -OCH3 is 1. The van der Waals surface area contributed by atoms with Gasteiger partial charge in [-0.1, -0.05) is 31.9 Å².